The van der Waals surface area contributed by atoms with Crippen molar-refractivity contribution in [3.8, 4) is 5.82 Å². The van der Waals surface area contributed by atoms with Crippen molar-refractivity contribution >= 4 is 15.7 Å². The van der Waals surface area contributed by atoms with Crippen LogP contribution in [0.5, 0.6) is 0 Å². The number of hydrogen-bond acceptors (Lipinski definition) is 5. The van der Waals surface area contributed by atoms with E-state index in [2.05, 4.69) is 21.9 Å². The maximum Gasteiger partial charge on any atom is 0.243 e. The fraction of sp³-hybridized carbons (Fsp3) is 0.391. The highest BCUT2D eigenvalue weighted by Gasteiger charge is 2.30. The summed E-state index contributed by atoms with van der Waals surface area (Å²) in [7, 11) is -3.48. The Bertz CT molecular complexity index is 1130. The van der Waals surface area contributed by atoms with Crippen LogP contribution in [0, 0.1) is 13.8 Å². The van der Waals surface area contributed by atoms with Gasteiger partial charge in [-0.15, -0.1) is 0 Å². The quantitative estimate of drug-likeness (QED) is 0.589. The maximum absolute atomic E-state index is 13.1. The summed E-state index contributed by atoms with van der Waals surface area (Å²) in [6, 6.07) is 13.1. The molecule has 164 valence electrons. The number of hydrogen-bond donors (Lipinski definition) is 0. The third-order valence-electron chi connectivity index (χ3n) is 5.77. The molecule has 0 spiro atoms. The summed E-state index contributed by atoms with van der Waals surface area (Å²) in [5.74, 6) is 0.780. The van der Waals surface area contributed by atoms with Crippen LogP contribution < -0.4 is 4.90 Å². The molecule has 0 N–H and O–H groups in total. The Morgan fingerprint density at radius 1 is 0.968 bits per heavy atom. The molecule has 0 aliphatic carbocycles. The molecular formula is C23H29N5O2S. The number of sulfonamides is 1. The number of benzene rings is 1. The second-order valence-corrected chi connectivity index (χ2v) is 9.84. The molecule has 7 nitrogen and oxygen atoms in total. The van der Waals surface area contributed by atoms with Crippen molar-refractivity contribution in [1.29, 1.82) is 0 Å². The van der Waals surface area contributed by atoms with E-state index in [1.807, 2.05) is 48.9 Å². The number of nitrogens with zero attached hydrogens (tertiary/aromatic N) is 5. The van der Waals surface area contributed by atoms with Gasteiger partial charge in [-0.25, -0.2) is 18.1 Å². The molecule has 3 aromatic rings. The number of rotatable bonds is 6. The Hall–Kier alpha value is -2.71. The summed E-state index contributed by atoms with van der Waals surface area (Å²) >= 11 is 0. The Balaban J connectivity index is 1.49. The minimum absolute atomic E-state index is 0.371. The van der Waals surface area contributed by atoms with Gasteiger partial charge in [0.25, 0.3) is 0 Å². The standard InChI is InChI=1S/C23H29N5O2S/c1-4-7-20-9-11-21(12-10-20)31(29,30)27-16-14-26(15-17-27)23-18(2)25-28(19(23)3)22-8-5-6-13-24-22/h5-6,8-13H,4,7,14-17H2,1-3H3. The third-order valence-corrected chi connectivity index (χ3v) is 7.69. The van der Waals surface area contributed by atoms with E-state index >= 15 is 0 Å². The zero-order valence-electron chi connectivity index (χ0n) is 18.3. The van der Waals surface area contributed by atoms with Crippen molar-refractivity contribution < 1.29 is 8.42 Å². The highest BCUT2D eigenvalue weighted by molar-refractivity contribution is 7.89. The van der Waals surface area contributed by atoms with Gasteiger partial charge < -0.3 is 4.90 Å². The highest BCUT2D eigenvalue weighted by atomic mass is 32.2. The van der Waals surface area contributed by atoms with E-state index in [1.165, 1.54) is 5.56 Å². The van der Waals surface area contributed by atoms with E-state index in [4.69, 9.17) is 0 Å². The van der Waals surface area contributed by atoms with Crippen molar-refractivity contribution in [3.05, 3.63) is 65.6 Å². The molecule has 31 heavy (non-hydrogen) atoms. The Kier molecular flexibility index (Phi) is 6.11. The van der Waals surface area contributed by atoms with Gasteiger partial charge >= 0.3 is 0 Å². The number of pyridine rings is 1. The monoisotopic (exact) mass is 439 g/mol. The predicted octanol–water partition coefficient (Wildman–Crippen LogP) is 3.35. The van der Waals surface area contributed by atoms with Crippen LogP contribution in [0.2, 0.25) is 0 Å². The molecule has 0 radical (unpaired) electrons. The molecule has 2 aromatic heterocycles. The zero-order chi connectivity index (χ0) is 22.0. The van der Waals surface area contributed by atoms with Gasteiger partial charge in [0.05, 0.1) is 22.0 Å². The summed E-state index contributed by atoms with van der Waals surface area (Å²) in [5, 5.41) is 4.67. The molecular weight excluding hydrogens is 410 g/mol. The predicted molar refractivity (Wildman–Crippen MR) is 122 cm³/mol. The second-order valence-electron chi connectivity index (χ2n) is 7.90. The average molecular weight is 440 g/mol. The van der Waals surface area contributed by atoms with E-state index in [-0.39, 0.29) is 0 Å². The smallest absolute Gasteiger partial charge is 0.243 e. The molecule has 0 atom stereocenters. The molecule has 8 heteroatoms. The number of aryl methyl sites for hydroxylation is 2. The fourth-order valence-electron chi connectivity index (χ4n) is 4.21. The van der Waals surface area contributed by atoms with Crippen molar-refractivity contribution in [1.82, 2.24) is 19.1 Å². The largest absolute Gasteiger partial charge is 0.366 e. The molecule has 1 saturated heterocycles. The molecule has 1 aliphatic heterocycles. The Labute approximate surface area is 184 Å². The van der Waals surface area contributed by atoms with Gasteiger partial charge in [0.1, 0.15) is 0 Å². The second kappa shape index (κ2) is 8.80. The van der Waals surface area contributed by atoms with Gasteiger partial charge in [0, 0.05) is 32.4 Å². The van der Waals surface area contributed by atoms with Gasteiger partial charge in [-0.1, -0.05) is 31.5 Å². The molecule has 3 heterocycles. The van der Waals surface area contributed by atoms with E-state index in [1.54, 1.807) is 22.6 Å². The van der Waals surface area contributed by atoms with E-state index in [0.717, 1.165) is 35.7 Å². The summed E-state index contributed by atoms with van der Waals surface area (Å²) in [6.07, 6.45) is 3.76. The number of piperazine rings is 1. The SMILES string of the molecule is CCCc1ccc(S(=O)(=O)N2CCN(c3c(C)nn(-c4ccccn4)c3C)CC2)cc1. The lowest BCUT2D eigenvalue weighted by Crippen LogP contribution is -2.49. The lowest BCUT2D eigenvalue weighted by atomic mass is 10.1. The molecule has 1 fully saturated rings. The van der Waals surface area contributed by atoms with E-state index in [9.17, 15) is 8.42 Å². The molecule has 0 amide bonds. The van der Waals surface area contributed by atoms with Crippen LogP contribution in [0.25, 0.3) is 5.82 Å². The van der Waals surface area contributed by atoms with Gasteiger partial charge in [-0.3, -0.25) is 0 Å². The fourth-order valence-corrected chi connectivity index (χ4v) is 5.63. The van der Waals surface area contributed by atoms with Gasteiger partial charge in [0.15, 0.2) is 5.82 Å². The van der Waals surface area contributed by atoms with Gasteiger partial charge in [-0.2, -0.15) is 9.40 Å². The van der Waals surface area contributed by atoms with Crippen molar-refractivity contribution in [3.63, 3.8) is 0 Å². The Morgan fingerprint density at radius 2 is 1.68 bits per heavy atom. The average Bonchev–Trinajstić information content (AvgIpc) is 3.09. The minimum atomic E-state index is -3.48. The molecule has 4 rings (SSSR count). The summed E-state index contributed by atoms with van der Waals surface area (Å²) in [6.45, 7) is 8.30. The van der Waals surface area contributed by atoms with Crippen molar-refractivity contribution in [2.75, 3.05) is 31.1 Å². The molecule has 0 saturated carbocycles. The van der Waals surface area contributed by atoms with Crippen molar-refractivity contribution in [2.24, 2.45) is 0 Å². The molecule has 1 aromatic carbocycles. The first kappa shape index (κ1) is 21.5. The summed E-state index contributed by atoms with van der Waals surface area (Å²) < 4.78 is 29.7. The molecule has 0 unspecified atom stereocenters. The number of aromatic nitrogens is 3. The minimum Gasteiger partial charge on any atom is -0.366 e. The van der Waals surface area contributed by atoms with Crippen LogP contribution in [0.3, 0.4) is 0 Å². The van der Waals surface area contributed by atoms with Crippen LogP contribution in [0.1, 0.15) is 30.3 Å². The normalized spacial score (nSPS) is 15.4. The Morgan fingerprint density at radius 3 is 2.29 bits per heavy atom. The third kappa shape index (κ3) is 4.22. The van der Waals surface area contributed by atoms with Crippen LogP contribution in [0.4, 0.5) is 5.69 Å². The first-order valence-electron chi connectivity index (χ1n) is 10.7. The lowest BCUT2D eigenvalue weighted by molar-refractivity contribution is 0.384. The number of anilines is 1. The first-order chi connectivity index (χ1) is 14.9. The van der Waals surface area contributed by atoms with Crippen LogP contribution in [0.15, 0.2) is 53.6 Å². The van der Waals surface area contributed by atoms with Gasteiger partial charge in [0.2, 0.25) is 10.0 Å². The van der Waals surface area contributed by atoms with Crippen LogP contribution in [-0.4, -0.2) is 53.7 Å². The lowest BCUT2D eigenvalue weighted by Gasteiger charge is -2.35. The topological polar surface area (TPSA) is 71.3 Å². The van der Waals surface area contributed by atoms with Gasteiger partial charge in [-0.05, 0) is 50.1 Å². The molecule has 1 aliphatic rings. The summed E-state index contributed by atoms with van der Waals surface area (Å²) in [4.78, 5) is 7.00. The highest BCUT2D eigenvalue weighted by Crippen LogP contribution is 2.28. The summed E-state index contributed by atoms with van der Waals surface area (Å²) in [5.41, 5.74) is 4.17. The molecule has 0 bridgehead atoms. The maximum atomic E-state index is 13.1. The van der Waals surface area contributed by atoms with Crippen LogP contribution in [-0.2, 0) is 16.4 Å². The van der Waals surface area contributed by atoms with E-state index in [0.29, 0.717) is 31.1 Å². The zero-order valence-corrected chi connectivity index (χ0v) is 19.1. The van der Waals surface area contributed by atoms with E-state index < -0.39 is 10.0 Å². The first-order valence-corrected chi connectivity index (χ1v) is 12.2. The van der Waals surface area contributed by atoms with Crippen LogP contribution >= 0.6 is 0 Å². The van der Waals surface area contributed by atoms with Crippen molar-refractivity contribution in [2.45, 2.75) is 38.5 Å².